The van der Waals surface area contributed by atoms with Gasteiger partial charge in [0.2, 0.25) is 9.84 Å². The zero-order valence-corrected chi connectivity index (χ0v) is 15.3. The fraction of sp³-hybridized carbons (Fsp3) is 0.211. The molecule has 5 nitrogen and oxygen atoms in total. The number of carbonyl (C=O) groups is 1. The predicted octanol–water partition coefficient (Wildman–Crippen LogP) is 3.46. The Morgan fingerprint density at radius 2 is 1.68 bits per heavy atom. The van der Waals surface area contributed by atoms with Crippen LogP contribution in [0.2, 0.25) is 0 Å². The van der Waals surface area contributed by atoms with Crippen LogP contribution in [0.4, 0.5) is 5.69 Å². The van der Waals surface area contributed by atoms with E-state index in [0.29, 0.717) is 5.69 Å². The molecule has 0 saturated carbocycles. The Hall–Kier alpha value is -2.60. The summed E-state index contributed by atoms with van der Waals surface area (Å²) in [6, 6.07) is 13.8. The SMILES string of the molecule is CCc1ccc(N/C=C(\C(=O)OC)S(=O)(=O)c2ccc(C)cc2)cc1. The van der Waals surface area contributed by atoms with Crippen LogP contribution < -0.4 is 5.32 Å². The quantitative estimate of drug-likeness (QED) is 0.632. The molecule has 25 heavy (non-hydrogen) atoms. The van der Waals surface area contributed by atoms with Crippen molar-refractivity contribution < 1.29 is 17.9 Å². The summed E-state index contributed by atoms with van der Waals surface area (Å²) in [5.74, 6) is -0.918. The number of methoxy groups -OCH3 is 1. The molecular formula is C19H21NO4S. The molecule has 0 radical (unpaired) electrons. The molecule has 0 heterocycles. The summed E-state index contributed by atoms with van der Waals surface area (Å²) in [7, 11) is -2.84. The van der Waals surface area contributed by atoms with E-state index >= 15 is 0 Å². The Labute approximate surface area is 148 Å². The summed E-state index contributed by atoms with van der Waals surface area (Å²) < 4.78 is 30.2. The van der Waals surface area contributed by atoms with Crippen LogP contribution in [0.15, 0.2) is 64.5 Å². The molecule has 0 bridgehead atoms. The van der Waals surface area contributed by atoms with Crippen molar-refractivity contribution in [1.82, 2.24) is 0 Å². The molecule has 1 N–H and O–H groups in total. The van der Waals surface area contributed by atoms with Crippen LogP contribution in [0.3, 0.4) is 0 Å². The number of nitrogens with one attached hydrogen (secondary N) is 1. The molecule has 0 aliphatic rings. The Morgan fingerprint density at radius 1 is 1.08 bits per heavy atom. The summed E-state index contributed by atoms with van der Waals surface area (Å²) in [6.07, 6.45) is 2.08. The third kappa shape index (κ3) is 4.48. The highest BCUT2D eigenvalue weighted by Gasteiger charge is 2.28. The summed E-state index contributed by atoms with van der Waals surface area (Å²) in [6.45, 7) is 3.90. The average molecular weight is 359 g/mol. The van der Waals surface area contributed by atoms with Gasteiger partial charge >= 0.3 is 5.97 Å². The van der Waals surface area contributed by atoms with Gasteiger partial charge in [0, 0.05) is 11.9 Å². The highest BCUT2D eigenvalue weighted by atomic mass is 32.2. The van der Waals surface area contributed by atoms with E-state index in [1.54, 1.807) is 12.1 Å². The van der Waals surface area contributed by atoms with Gasteiger partial charge in [0.05, 0.1) is 12.0 Å². The molecule has 6 heteroatoms. The monoisotopic (exact) mass is 359 g/mol. The van der Waals surface area contributed by atoms with Crippen molar-refractivity contribution in [2.45, 2.75) is 25.2 Å². The van der Waals surface area contributed by atoms with Crippen molar-refractivity contribution >= 4 is 21.5 Å². The summed E-state index contributed by atoms with van der Waals surface area (Å²) in [5.41, 5.74) is 2.77. The van der Waals surface area contributed by atoms with Gasteiger partial charge in [-0.2, -0.15) is 0 Å². The first kappa shape index (κ1) is 18.7. The van der Waals surface area contributed by atoms with Crippen LogP contribution in [0.25, 0.3) is 0 Å². The van der Waals surface area contributed by atoms with Crippen molar-refractivity contribution in [2.75, 3.05) is 12.4 Å². The molecule has 2 aromatic rings. The second-order valence-electron chi connectivity index (χ2n) is 5.51. The minimum atomic E-state index is -3.99. The maximum Gasteiger partial charge on any atom is 0.351 e. The van der Waals surface area contributed by atoms with Gasteiger partial charge in [-0.3, -0.25) is 0 Å². The van der Waals surface area contributed by atoms with Gasteiger partial charge in [0.25, 0.3) is 0 Å². The van der Waals surface area contributed by atoms with Gasteiger partial charge < -0.3 is 10.1 Å². The van der Waals surface area contributed by atoms with E-state index in [9.17, 15) is 13.2 Å². The molecule has 0 spiro atoms. The molecule has 0 aliphatic carbocycles. The van der Waals surface area contributed by atoms with E-state index in [2.05, 4.69) is 10.1 Å². The molecule has 0 saturated heterocycles. The van der Waals surface area contributed by atoms with Crippen molar-refractivity contribution in [3.8, 4) is 0 Å². The molecule has 0 atom stereocenters. The van der Waals surface area contributed by atoms with Crippen LogP contribution in [0, 0.1) is 6.92 Å². The normalized spacial score (nSPS) is 11.9. The lowest BCUT2D eigenvalue weighted by molar-refractivity contribution is -0.135. The van der Waals surface area contributed by atoms with E-state index < -0.39 is 20.7 Å². The summed E-state index contributed by atoms with van der Waals surface area (Å²) >= 11 is 0. The Morgan fingerprint density at radius 3 is 2.20 bits per heavy atom. The highest BCUT2D eigenvalue weighted by molar-refractivity contribution is 7.96. The predicted molar refractivity (Wildman–Crippen MR) is 97.9 cm³/mol. The lowest BCUT2D eigenvalue weighted by Crippen LogP contribution is -2.17. The van der Waals surface area contributed by atoms with Crippen molar-refractivity contribution in [1.29, 1.82) is 0 Å². The first-order valence-electron chi connectivity index (χ1n) is 7.84. The topological polar surface area (TPSA) is 72.5 Å². The minimum absolute atomic E-state index is 0.0397. The third-order valence-corrected chi connectivity index (χ3v) is 5.50. The molecule has 2 aromatic carbocycles. The molecule has 132 valence electrons. The molecule has 0 aliphatic heterocycles. The average Bonchev–Trinajstić information content (AvgIpc) is 2.62. The maximum atomic E-state index is 12.8. The minimum Gasteiger partial charge on any atom is -0.465 e. The van der Waals surface area contributed by atoms with E-state index in [-0.39, 0.29) is 4.90 Å². The van der Waals surface area contributed by atoms with Crippen LogP contribution >= 0.6 is 0 Å². The molecule has 0 amide bonds. The smallest absolute Gasteiger partial charge is 0.351 e. The fourth-order valence-corrected chi connectivity index (χ4v) is 3.44. The number of carbonyl (C=O) groups excluding carboxylic acids is 1. The lowest BCUT2D eigenvalue weighted by Gasteiger charge is -2.09. The molecule has 0 unspecified atom stereocenters. The molecule has 2 rings (SSSR count). The standard InChI is InChI=1S/C19H21NO4S/c1-4-15-7-9-16(10-8-15)20-13-18(19(21)24-3)25(22,23)17-11-5-14(2)6-12-17/h5-13,20H,4H2,1-3H3/b18-13+. The van der Waals surface area contributed by atoms with Crippen molar-refractivity contribution in [3.63, 3.8) is 0 Å². The lowest BCUT2D eigenvalue weighted by atomic mass is 10.1. The van der Waals surface area contributed by atoms with Crippen LogP contribution in [-0.2, 0) is 25.8 Å². The Bertz CT molecular complexity index is 867. The maximum absolute atomic E-state index is 12.8. The highest BCUT2D eigenvalue weighted by Crippen LogP contribution is 2.21. The van der Waals surface area contributed by atoms with Gasteiger partial charge in [0.15, 0.2) is 4.91 Å². The number of hydrogen-bond donors (Lipinski definition) is 1. The number of benzene rings is 2. The molecule has 0 fully saturated rings. The summed E-state index contributed by atoms with van der Waals surface area (Å²) in [4.78, 5) is 11.6. The van der Waals surface area contributed by atoms with E-state index in [0.717, 1.165) is 24.7 Å². The zero-order valence-electron chi connectivity index (χ0n) is 14.4. The summed E-state index contributed by atoms with van der Waals surface area (Å²) in [5, 5.41) is 2.86. The van der Waals surface area contributed by atoms with Gasteiger partial charge in [-0.15, -0.1) is 0 Å². The van der Waals surface area contributed by atoms with Gasteiger partial charge in [0.1, 0.15) is 0 Å². The number of hydrogen-bond acceptors (Lipinski definition) is 5. The van der Waals surface area contributed by atoms with Crippen molar-refractivity contribution in [3.05, 3.63) is 70.8 Å². The van der Waals surface area contributed by atoms with Crippen molar-refractivity contribution in [2.24, 2.45) is 0 Å². The molecule has 0 aromatic heterocycles. The number of anilines is 1. The van der Waals surface area contributed by atoms with E-state index in [1.165, 1.54) is 18.3 Å². The van der Waals surface area contributed by atoms with Crippen LogP contribution in [0.5, 0.6) is 0 Å². The zero-order chi connectivity index (χ0) is 18.4. The first-order valence-corrected chi connectivity index (χ1v) is 9.32. The number of sulfone groups is 1. The Kier molecular flexibility index (Phi) is 5.98. The number of ether oxygens (including phenoxy) is 1. The third-order valence-electron chi connectivity index (χ3n) is 3.74. The van der Waals surface area contributed by atoms with E-state index in [4.69, 9.17) is 0 Å². The first-order chi connectivity index (χ1) is 11.9. The second kappa shape index (κ2) is 7.98. The number of aryl methyl sites for hydroxylation is 2. The van der Waals surface area contributed by atoms with Crippen LogP contribution in [0.1, 0.15) is 18.1 Å². The van der Waals surface area contributed by atoms with Gasteiger partial charge in [-0.1, -0.05) is 36.8 Å². The van der Waals surface area contributed by atoms with Gasteiger partial charge in [-0.25, -0.2) is 13.2 Å². The number of esters is 1. The second-order valence-corrected chi connectivity index (χ2v) is 7.43. The Balaban J connectivity index is 2.37. The largest absolute Gasteiger partial charge is 0.465 e. The van der Waals surface area contributed by atoms with Gasteiger partial charge in [-0.05, 0) is 43.2 Å². The number of rotatable bonds is 6. The van der Waals surface area contributed by atoms with E-state index in [1.807, 2.05) is 38.1 Å². The fourth-order valence-electron chi connectivity index (χ4n) is 2.18. The van der Waals surface area contributed by atoms with Crippen LogP contribution in [-0.4, -0.2) is 21.5 Å². The molecular weight excluding hydrogens is 338 g/mol.